The Kier molecular flexibility index (Phi) is 3.40. The zero-order valence-corrected chi connectivity index (χ0v) is 6.60. The summed E-state index contributed by atoms with van der Waals surface area (Å²) in [4.78, 5) is 0. The number of hydrogen-bond acceptors (Lipinski definition) is 3. The van der Waals surface area contributed by atoms with Gasteiger partial charge in [0.15, 0.2) is 0 Å². The monoisotopic (exact) mass is 157 g/mol. The fourth-order valence-corrected chi connectivity index (χ4v) is 0.862. The molecule has 1 rings (SSSR count). The van der Waals surface area contributed by atoms with Gasteiger partial charge >= 0.3 is 0 Å². The van der Waals surface area contributed by atoms with Crippen LogP contribution in [0.2, 0.25) is 0 Å². The third-order valence-electron chi connectivity index (χ3n) is 1.17. The Bertz CT molecular complexity index is 162. The molecule has 0 fully saturated rings. The minimum Gasteiger partial charge on any atom is -0.468 e. The van der Waals surface area contributed by atoms with E-state index < -0.39 is 0 Å². The van der Waals surface area contributed by atoms with Crippen LogP contribution in [0.25, 0.3) is 0 Å². The summed E-state index contributed by atoms with van der Waals surface area (Å²) in [6.07, 6.45) is 1.68. The number of thiol groups is 1. The number of nitrogens with one attached hydrogen (secondary N) is 1. The van der Waals surface area contributed by atoms with E-state index in [-0.39, 0.29) is 0 Å². The lowest BCUT2D eigenvalue weighted by molar-refractivity contribution is 0.488. The molecule has 0 saturated carbocycles. The average Bonchev–Trinajstić information content (AvgIpc) is 2.41. The maximum atomic E-state index is 5.09. The molecule has 0 atom stereocenters. The molecular weight excluding hydrogens is 146 g/mol. The third kappa shape index (κ3) is 2.45. The Morgan fingerprint density at radius 1 is 1.60 bits per heavy atom. The minimum absolute atomic E-state index is 0.799. The van der Waals surface area contributed by atoms with Crippen LogP contribution in [-0.2, 0) is 6.54 Å². The van der Waals surface area contributed by atoms with Crippen LogP contribution in [-0.4, -0.2) is 12.3 Å². The van der Waals surface area contributed by atoms with Crippen LogP contribution in [0, 0.1) is 0 Å². The predicted molar refractivity (Wildman–Crippen MR) is 44.3 cm³/mol. The molecule has 1 N–H and O–H groups in total. The van der Waals surface area contributed by atoms with E-state index in [1.807, 2.05) is 12.1 Å². The average molecular weight is 157 g/mol. The first-order valence-corrected chi connectivity index (χ1v) is 3.90. The van der Waals surface area contributed by atoms with Crippen molar-refractivity contribution in [1.82, 2.24) is 5.32 Å². The van der Waals surface area contributed by atoms with Gasteiger partial charge in [-0.15, -0.1) is 0 Å². The van der Waals surface area contributed by atoms with Gasteiger partial charge in [0, 0.05) is 12.3 Å². The van der Waals surface area contributed by atoms with E-state index in [2.05, 4.69) is 17.9 Å². The first-order chi connectivity index (χ1) is 4.93. The summed E-state index contributed by atoms with van der Waals surface area (Å²) in [5.74, 6) is 1.84. The summed E-state index contributed by atoms with van der Waals surface area (Å²) in [5.41, 5.74) is 0. The van der Waals surface area contributed by atoms with E-state index in [0.29, 0.717) is 0 Å². The van der Waals surface area contributed by atoms with Gasteiger partial charge in [0.25, 0.3) is 0 Å². The van der Waals surface area contributed by atoms with Crippen molar-refractivity contribution in [2.24, 2.45) is 0 Å². The zero-order valence-electron chi connectivity index (χ0n) is 5.71. The van der Waals surface area contributed by atoms with Gasteiger partial charge in [-0.2, -0.15) is 12.6 Å². The molecule has 0 aliphatic heterocycles. The SMILES string of the molecule is SCCNCc1ccco1. The van der Waals surface area contributed by atoms with E-state index in [0.717, 1.165) is 24.6 Å². The molecule has 3 heteroatoms. The number of hydrogen-bond donors (Lipinski definition) is 2. The quantitative estimate of drug-likeness (QED) is 0.509. The summed E-state index contributed by atoms with van der Waals surface area (Å²) in [6, 6.07) is 3.84. The predicted octanol–water partition coefficient (Wildman–Crippen LogP) is 1.30. The van der Waals surface area contributed by atoms with Crippen molar-refractivity contribution >= 4 is 12.6 Å². The van der Waals surface area contributed by atoms with Gasteiger partial charge in [-0.1, -0.05) is 0 Å². The molecule has 0 saturated heterocycles. The minimum atomic E-state index is 0.799. The van der Waals surface area contributed by atoms with E-state index in [1.54, 1.807) is 6.26 Å². The van der Waals surface area contributed by atoms with Gasteiger partial charge in [0.2, 0.25) is 0 Å². The molecule has 0 radical (unpaired) electrons. The van der Waals surface area contributed by atoms with Crippen molar-refractivity contribution in [2.45, 2.75) is 6.54 Å². The molecule has 0 amide bonds. The third-order valence-corrected chi connectivity index (χ3v) is 1.39. The molecule has 0 unspecified atom stereocenters. The van der Waals surface area contributed by atoms with E-state index >= 15 is 0 Å². The zero-order chi connectivity index (χ0) is 7.23. The van der Waals surface area contributed by atoms with Crippen molar-refractivity contribution in [3.05, 3.63) is 24.2 Å². The summed E-state index contributed by atoms with van der Waals surface area (Å²) < 4.78 is 5.09. The van der Waals surface area contributed by atoms with Crippen molar-refractivity contribution in [3.8, 4) is 0 Å². The second kappa shape index (κ2) is 4.41. The summed E-state index contributed by atoms with van der Waals surface area (Å²) >= 11 is 4.06. The van der Waals surface area contributed by atoms with E-state index in [4.69, 9.17) is 4.42 Å². The van der Waals surface area contributed by atoms with Crippen LogP contribution in [0.4, 0.5) is 0 Å². The molecule has 1 heterocycles. The molecule has 0 bridgehead atoms. The van der Waals surface area contributed by atoms with Gasteiger partial charge in [0.1, 0.15) is 5.76 Å². The molecule has 1 aromatic heterocycles. The molecule has 0 aromatic carbocycles. The highest BCUT2D eigenvalue weighted by molar-refractivity contribution is 7.80. The van der Waals surface area contributed by atoms with Crippen LogP contribution in [0.15, 0.2) is 22.8 Å². The van der Waals surface area contributed by atoms with Gasteiger partial charge in [-0.3, -0.25) is 0 Å². The summed E-state index contributed by atoms with van der Waals surface area (Å²) in [5, 5.41) is 3.17. The molecule has 56 valence electrons. The molecule has 1 aromatic rings. The van der Waals surface area contributed by atoms with Gasteiger partial charge in [-0.25, -0.2) is 0 Å². The van der Waals surface area contributed by atoms with E-state index in [9.17, 15) is 0 Å². The molecular formula is C7H11NOS. The van der Waals surface area contributed by atoms with Crippen molar-refractivity contribution in [1.29, 1.82) is 0 Å². The van der Waals surface area contributed by atoms with Crippen molar-refractivity contribution in [2.75, 3.05) is 12.3 Å². The fourth-order valence-electron chi connectivity index (χ4n) is 0.704. The lowest BCUT2D eigenvalue weighted by Crippen LogP contribution is -2.14. The Balaban J connectivity index is 2.15. The van der Waals surface area contributed by atoms with Crippen molar-refractivity contribution in [3.63, 3.8) is 0 Å². The summed E-state index contributed by atoms with van der Waals surface area (Å²) in [7, 11) is 0. The lowest BCUT2D eigenvalue weighted by Gasteiger charge is -1.96. The smallest absolute Gasteiger partial charge is 0.117 e. The van der Waals surface area contributed by atoms with Gasteiger partial charge in [0.05, 0.1) is 12.8 Å². The first kappa shape index (κ1) is 7.69. The normalized spacial score (nSPS) is 10.1. The Morgan fingerprint density at radius 3 is 3.10 bits per heavy atom. The number of furan rings is 1. The highest BCUT2D eigenvalue weighted by Crippen LogP contribution is 1.97. The lowest BCUT2D eigenvalue weighted by atomic mass is 10.4. The maximum Gasteiger partial charge on any atom is 0.117 e. The van der Waals surface area contributed by atoms with Crippen LogP contribution < -0.4 is 5.32 Å². The Labute approximate surface area is 66.0 Å². The largest absolute Gasteiger partial charge is 0.468 e. The summed E-state index contributed by atoms with van der Waals surface area (Å²) in [6.45, 7) is 1.72. The molecule has 10 heavy (non-hydrogen) atoms. The Hall–Kier alpha value is -0.410. The molecule has 2 nitrogen and oxygen atoms in total. The topological polar surface area (TPSA) is 25.2 Å². The molecule has 0 spiro atoms. The van der Waals surface area contributed by atoms with Gasteiger partial charge in [-0.05, 0) is 12.1 Å². The standard InChI is InChI=1S/C7H11NOS/c10-5-3-8-6-7-2-1-4-9-7/h1-2,4,8,10H,3,5-6H2. The van der Waals surface area contributed by atoms with Crippen LogP contribution in [0.5, 0.6) is 0 Å². The first-order valence-electron chi connectivity index (χ1n) is 3.27. The van der Waals surface area contributed by atoms with Crippen LogP contribution >= 0.6 is 12.6 Å². The van der Waals surface area contributed by atoms with E-state index in [1.165, 1.54) is 0 Å². The number of rotatable bonds is 4. The highest BCUT2D eigenvalue weighted by atomic mass is 32.1. The molecule has 0 aliphatic rings. The van der Waals surface area contributed by atoms with Gasteiger partial charge < -0.3 is 9.73 Å². The second-order valence-corrected chi connectivity index (χ2v) is 2.43. The Morgan fingerprint density at radius 2 is 2.50 bits per heavy atom. The fraction of sp³-hybridized carbons (Fsp3) is 0.429. The maximum absolute atomic E-state index is 5.09. The molecule has 0 aliphatic carbocycles. The van der Waals surface area contributed by atoms with Crippen LogP contribution in [0.1, 0.15) is 5.76 Å². The van der Waals surface area contributed by atoms with Crippen molar-refractivity contribution < 1.29 is 4.42 Å². The van der Waals surface area contributed by atoms with Crippen LogP contribution in [0.3, 0.4) is 0 Å². The highest BCUT2D eigenvalue weighted by Gasteiger charge is 1.91. The second-order valence-electron chi connectivity index (χ2n) is 1.98.